The van der Waals surface area contributed by atoms with Crippen LogP contribution in [0.3, 0.4) is 0 Å². The summed E-state index contributed by atoms with van der Waals surface area (Å²) in [6.45, 7) is 2.03. The number of nitrogens with one attached hydrogen (secondary N) is 1. The highest BCUT2D eigenvalue weighted by Crippen LogP contribution is 2.20. The molecule has 16 heavy (non-hydrogen) atoms. The van der Waals surface area contributed by atoms with Crippen molar-refractivity contribution in [3.05, 3.63) is 29.8 Å². The molecule has 2 nitrogen and oxygen atoms in total. The van der Waals surface area contributed by atoms with Crippen LogP contribution in [0.4, 0.5) is 14.5 Å². The maximum absolute atomic E-state index is 12.9. The van der Waals surface area contributed by atoms with Gasteiger partial charge in [-0.3, -0.25) is 4.99 Å². The number of halogens is 2. The van der Waals surface area contributed by atoms with E-state index in [-0.39, 0.29) is 6.04 Å². The molecule has 0 saturated carbocycles. The minimum Gasteiger partial charge on any atom is -0.335 e. The van der Waals surface area contributed by atoms with Crippen LogP contribution >= 0.6 is 11.8 Å². The van der Waals surface area contributed by atoms with Gasteiger partial charge in [0, 0.05) is 17.5 Å². The van der Waals surface area contributed by atoms with Crippen LogP contribution in [0.25, 0.3) is 0 Å². The van der Waals surface area contributed by atoms with Gasteiger partial charge in [0.15, 0.2) is 16.8 Å². The molecule has 0 radical (unpaired) electrons. The second kappa shape index (κ2) is 4.82. The largest absolute Gasteiger partial charge is 0.335 e. The number of benzene rings is 1. The first-order valence-corrected chi connectivity index (χ1v) is 6.06. The average molecular weight is 242 g/mol. The lowest BCUT2D eigenvalue weighted by atomic mass is 10.3. The summed E-state index contributed by atoms with van der Waals surface area (Å²) in [5, 5.41) is 3.75. The van der Waals surface area contributed by atoms with Crippen LogP contribution in [0.1, 0.15) is 13.3 Å². The first-order valence-electron chi connectivity index (χ1n) is 5.08. The quantitative estimate of drug-likeness (QED) is 0.817. The third kappa shape index (κ3) is 2.72. The van der Waals surface area contributed by atoms with Crippen molar-refractivity contribution in [2.24, 2.45) is 4.99 Å². The molecule has 1 aromatic carbocycles. The second-order valence-electron chi connectivity index (χ2n) is 3.67. The Morgan fingerprint density at radius 2 is 2.19 bits per heavy atom. The standard InChI is InChI=1S/C11H12F2N2S/c1-7-4-5-16-11(14-7)15-8-2-3-9(12)10(13)6-8/h2-3,6-7H,4-5H2,1H3,(H,14,15). The lowest BCUT2D eigenvalue weighted by Gasteiger charge is -2.17. The van der Waals surface area contributed by atoms with Crippen LogP contribution in [0.2, 0.25) is 0 Å². The molecule has 1 N–H and O–H groups in total. The summed E-state index contributed by atoms with van der Waals surface area (Å²) in [4.78, 5) is 4.38. The summed E-state index contributed by atoms with van der Waals surface area (Å²) in [7, 11) is 0. The molecule has 0 fully saturated rings. The SMILES string of the molecule is CC1CCSC(Nc2ccc(F)c(F)c2)=N1. The fourth-order valence-electron chi connectivity index (χ4n) is 1.39. The van der Waals surface area contributed by atoms with E-state index in [0.717, 1.165) is 29.5 Å². The highest BCUT2D eigenvalue weighted by Gasteiger charge is 2.12. The van der Waals surface area contributed by atoms with Gasteiger partial charge in [0.2, 0.25) is 0 Å². The zero-order valence-electron chi connectivity index (χ0n) is 8.84. The third-order valence-electron chi connectivity index (χ3n) is 2.28. The summed E-state index contributed by atoms with van der Waals surface area (Å²) >= 11 is 1.59. The fraction of sp³-hybridized carbons (Fsp3) is 0.364. The second-order valence-corrected chi connectivity index (χ2v) is 4.76. The fourth-order valence-corrected chi connectivity index (χ4v) is 2.49. The Labute approximate surface area is 97.1 Å². The normalized spacial score (nSPS) is 20.4. The molecule has 1 aliphatic rings. The van der Waals surface area contributed by atoms with Crippen LogP contribution in [0.5, 0.6) is 0 Å². The zero-order valence-corrected chi connectivity index (χ0v) is 9.65. The van der Waals surface area contributed by atoms with E-state index in [9.17, 15) is 8.78 Å². The van der Waals surface area contributed by atoms with Crippen LogP contribution in [-0.4, -0.2) is 17.0 Å². The zero-order chi connectivity index (χ0) is 11.5. The van der Waals surface area contributed by atoms with Gasteiger partial charge >= 0.3 is 0 Å². The van der Waals surface area contributed by atoms with Crippen LogP contribution in [0.15, 0.2) is 23.2 Å². The van der Waals surface area contributed by atoms with Crippen molar-refractivity contribution in [3.63, 3.8) is 0 Å². The minimum atomic E-state index is -0.848. The van der Waals surface area contributed by atoms with Crippen LogP contribution in [-0.2, 0) is 0 Å². The Balaban J connectivity index is 2.11. The van der Waals surface area contributed by atoms with E-state index in [4.69, 9.17) is 0 Å². The molecule has 0 aromatic heterocycles. The number of nitrogens with zero attached hydrogens (tertiary/aromatic N) is 1. The third-order valence-corrected chi connectivity index (χ3v) is 3.20. The van der Waals surface area contributed by atoms with Gasteiger partial charge in [-0.25, -0.2) is 8.78 Å². The summed E-state index contributed by atoms with van der Waals surface area (Å²) in [6, 6.07) is 4.03. The van der Waals surface area contributed by atoms with Crippen molar-refractivity contribution < 1.29 is 8.78 Å². The molecule has 0 aliphatic carbocycles. The molecule has 2 rings (SSSR count). The van der Waals surface area contributed by atoms with Gasteiger partial charge in [-0.1, -0.05) is 11.8 Å². The number of thioether (sulfide) groups is 1. The maximum Gasteiger partial charge on any atom is 0.161 e. The van der Waals surface area contributed by atoms with Crippen molar-refractivity contribution in [3.8, 4) is 0 Å². The van der Waals surface area contributed by atoms with Gasteiger partial charge in [-0.2, -0.15) is 0 Å². The molecule has 1 heterocycles. The molecule has 0 spiro atoms. The molecular formula is C11H12F2N2S. The van der Waals surface area contributed by atoms with Crippen molar-refractivity contribution in [1.29, 1.82) is 0 Å². The van der Waals surface area contributed by atoms with Gasteiger partial charge in [-0.15, -0.1) is 0 Å². The van der Waals surface area contributed by atoms with Crippen molar-refractivity contribution >= 4 is 22.6 Å². The Hall–Kier alpha value is -1.10. The van der Waals surface area contributed by atoms with Gasteiger partial charge in [0.05, 0.1) is 6.04 Å². The molecule has 1 unspecified atom stereocenters. The first kappa shape index (κ1) is 11.4. The molecule has 1 aliphatic heterocycles. The van der Waals surface area contributed by atoms with E-state index in [1.807, 2.05) is 6.92 Å². The van der Waals surface area contributed by atoms with Crippen molar-refractivity contribution in [2.75, 3.05) is 11.1 Å². The predicted octanol–water partition coefficient (Wildman–Crippen LogP) is 3.26. The van der Waals surface area contributed by atoms with E-state index in [2.05, 4.69) is 10.3 Å². The highest BCUT2D eigenvalue weighted by atomic mass is 32.2. The summed E-state index contributed by atoms with van der Waals surface area (Å²) in [5.74, 6) is -0.687. The van der Waals surface area contributed by atoms with Gasteiger partial charge in [-0.05, 0) is 25.5 Å². The van der Waals surface area contributed by atoms with E-state index < -0.39 is 11.6 Å². The summed E-state index contributed by atoms with van der Waals surface area (Å²) in [6.07, 6.45) is 1.05. The highest BCUT2D eigenvalue weighted by molar-refractivity contribution is 8.14. The molecular weight excluding hydrogens is 230 g/mol. The topological polar surface area (TPSA) is 24.4 Å². The number of aliphatic imine (C=N–C) groups is 1. The van der Waals surface area contributed by atoms with E-state index in [1.54, 1.807) is 11.8 Å². The van der Waals surface area contributed by atoms with E-state index >= 15 is 0 Å². The molecule has 0 saturated heterocycles. The average Bonchev–Trinajstić information content (AvgIpc) is 2.24. The number of hydrogen-bond donors (Lipinski definition) is 1. The summed E-state index contributed by atoms with van der Waals surface area (Å²) in [5.41, 5.74) is 0.527. The van der Waals surface area contributed by atoms with Gasteiger partial charge < -0.3 is 5.32 Å². The smallest absolute Gasteiger partial charge is 0.161 e. The maximum atomic E-state index is 12.9. The van der Waals surface area contributed by atoms with Crippen LogP contribution in [0, 0.1) is 11.6 Å². The van der Waals surface area contributed by atoms with Crippen LogP contribution < -0.4 is 5.32 Å². The van der Waals surface area contributed by atoms with Gasteiger partial charge in [0.1, 0.15) is 0 Å². The predicted molar refractivity (Wildman–Crippen MR) is 64.0 cm³/mol. The molecule has 5 heteroatoms. The first-order chi connectivity index (χ1) is 7.65. The number of hydrogen-bond acceptors (Lipinski definition) is 3. The Morgan fingerprint density at radius 1 is 1.38 bits per heavy atom. The molecule has 0 bridgehead atoms. The number of amidine groups is 1. The Bertz CT molecular complexity index is 420. The van der Waals surface area contributed by atoms with E-state index in [0.29, 0.717) is 5.69 Å². The Kier molecular flexibility index (Phi) is 3.43. The minimum absolute atomic E-state index is 0.286. The number of anilines is 1. The van der Waals surface area contributed by atoms with Crippen molar-refractivity contribution in [2.45, 2.75) is 19.4 Å². The lowest BCUT2D eigenvalue weighted by molar-refractivity contribution is 0.509. The molecule has 86 valence electrons. The lowest BCUT2D eigenvalue weighted by Crippen LogP contribution is -2.18. The molecule has 1 aromatic rings. The Morgan fingerprint density at radius 3 is 2.88 bits per heavy atom. The van der Waals surface area contributed by atoms with Gasteiger partial charge in [0.25, 0.3) is 0 Å². The summed E-state index contributed by atoms with van der Waals surface area (Å²) < 4.78 is 25.6. The molecule has 0 amide bonds. The molecule has 1 atom stereocenters. The van der Waals surface area contributed by atoms with E-state index in [1.165, 1.54) is 6.07 Å². The monoisotopic (exact) mass is 242 g/mol. The van der Waals surface area contributed by atoms with Crippen molar-refractivity contribution in [1.82, 2.24) is 0 Å². The number of rotatable bonds is 1.